The van der Waals surface area contributed by atoms with Crippen molar-refractivity contribution in [2.24, 2.45) is 0 Å². The van der Waals surface area contributed by atoms with Crippen LogP contribution in [0.15, 0.2) is 65.2 Å². The number of likely N-dealkylation sites (N-methyl/N-ethyl adjacent to an activating group) is 1. The highest BCUT2D eigenvalue weighted by Gasteiger charge is 2.38. The lowest BCUT2D eigenvalue weighted by molar-refractivity contribution is 0.104. The summed E-state index contributed by atoms with van der Waals surface area (Å²) in [6.07, 6.45) is 1.65. The summed E-state index contributed by atoms with van der Waals surface area (Å²) in [4.78, 5) is 15.0. The normalized spacial score (nSPS) is 17.4. The highest BCUT2D eigenvalue weighted by Crippen LogP contribution is 2.46. The van der Waals surface area contributed by atoms with Gasteiger partial charge in [-0.2, -0.15) is 0 Å². The molecule has 2 aromatic carbocycles. The molecule has 0 bridgehead atoms. The molecule has 1 aliphatic rings. The van der Waals surface area contributed by atoms with Crippen molar-refractivity contribution in [1.29, 1.82) is 0 Å². The van der Waals surface area contributed by atoms with E-state index in [9.17, 15) is 13.2 Å². The Morgan fingerprint density at radius 2 is 1.63 bits per heavy atom. The number of benzene rings is 2. The van der Waals surface area contributed by atoms with Gasteiger partial charge in [0, 0.05) is 49.6 Å². The molecule has 0 unspecified atom stereocenters. The van der Waals surface area contributed by atoms with Crippen LogP contribution in [0.5, 0.6) is 0 Å². The summed E-state index contributed by atoms with van der Waals surface area (Å²) in [5.41, 5.74) is 3.36. The molecule has 0 amide bonds. The number of allylic oxidation sites excluding steroid dienone is 2. The van der Waals surface area contributed by atoms with Crippen LogP contribution in [0, 0.1) is 0 Å². The minimum absolute atomic E-state index is 0.147. The van der Waals surface area contributed by atoms with Gasteiger partial charge in [0.2, 0.25) is 10.0 Å². The first-order valence-corrected chi connectivity index (χ1v) is 10.1. The molecule has 142 valence electrons. The standard InChI is InChI=1S/C21H24N2O3S/c1-21(2)17-8-6-7-9-18(17)23(5)20(21)14-19(24)15-10-12-16(13-11-15)27(25,26)22(3)4/h6-14H,1-5H3/b20-14-. The van der Waals surface area contributed by atoms with Gasteiger partial charge in [-0.15, -0.1) is 0 Å². The number of sulfonamides is 1. The van der Waals surface area contributed by atoms with E-state index in [1.165, 1.54) is 31.8 Å². The van der Waals surface area contributed by atoms with Crippen LogP contribution in [0.4, 0.5) is 5.69 Å². The molecule has 0 N–H and O–H groups in total. The second-order valence-corrected chi connectivity index (χ2v) is 9.56. The van der Waals surface area contributed by atoms with Crippen molar-refractivity contribution in [1.82, 2.24) is 4.31 Å². The van der Waals surface area contributed by atoms with Gasteiger partial charge < -0.3 is 4.90 Å². The number of ketones is 1. The molecule has 0 spiro atoms. The Kier molecular flexibility index (Phi) is 4.74. The molecule has 0 saturated heterocycles. The zero-order chi connectivity index (χ0) is 20.0. The van der Waals surface area contributed by atoms with Crippen molar-refractivity contribution in [2.45, 2.75) is 24.2 Å². The monoisotopic (exact) mass is 384 g/mol. The van der Waals surface area contributed by atoms with Crippen LogP contribution in [0.3, 0.4) is 0 Å². The van der Waals surface area contributed by atoms with E-state index in [0.29, 0.717) is 5.56 Å². The van der Waals surface area contributed by atoms with Gasteiger partial charge in [-0.1, -0.05) is 32.0 Å². The molecule has 0 saturated carbocycles. The largest absolute Gasteiger partial charge is 0.347 e. The molecule has 0 aliphatic carbocycles. The SMILES string of the molecule is CN1/C(=C\C(=O)c2ccc(S(=O)(=O)N(C)C)cc2)C(C)(C)c2ccccc21. The van der Waals surface area contributed by atoms with E-state index in [1.54, 1.807) is 18.2 Å². The fourth-order valence-corrected chi connectivity index (χ4v) is 4.37. The molecule has 5 nitrogen and oxygen atoms in total. The Hall–Kier alpha value is -2.44. The number of rotatable bonds is 4. The van der Waals surface area contributed by atoms with Crippen molar-refractivity contribution >= 4 is 21.5 Å². The van der Waals surface area contributed by atoms with Gasteiger partial charge in [-0.3, -0.25) is 4.79 Å². The molecule has 1 heterocycles. The highest BCUT2D eigenvalue weighted by molar-refractivity contribution is 7.89. The molecular formula is C21H24N2O3S. The van der Waals surface area contributed by atoms with Crippen LogP contribution in [0.1, 0.15) is 29.8 Å². The second kappa shape index (κ2) is 6.62. The van der Waals surface area contributed by atoms with Gasteiger partial charge >= 0.3 is 0 Å². The quantitative estimate of drug-likeness (QED) is 0.599. The molecule has 0 radical (unpaired) electrons. The van der Waals surface area contributed by atoms with Crippen LogP contribution in [0.2, 0.25) is 0 Å². The highest BCUT2D eigenvalue weighted by atomic mass is 32.2. The van der Waals surface area contributed by atoms with Gasteiger partial charge in [0.05, 0.1) is 4.90 Å². The Balaban J connectivity index is 1.94. The Morgan fingerprint density at radius 1 is 1.04 bits per heavy atom. The van der Waals surface area contributed by atoms with Crippen molar-refractivity contribution < 1.29 is 13.2 Å². The molecule has 2 aromatic rings. The maximum Gasteiger partial charge on any atom is 0.242 e. The third-order valence-electron chi connectivity index (χ3n) is 5.13. The number of hydrogen-bond donors (Lipinski definition) is 0. The number of carbonyl (C=O) groups is 1. The maximum absolute atomic E-state index is 12.8. The maximum atomic E-state index is 12.8. The second-order valence-electron chi connectivity index (χ2n) is 7.41. The average Bonchev–Trinajstić information content (AvgIpc) is 2.83. The van der Waals surface area contributed by atoms with Crippen LogP contribution < -0.4 is 4.90 Å². The number of para-hydroxylation sites is 1. The van der Waals surface area contributed by atoms with Crippen LogP contribution in [-0.4, -0.2) is 39.6 Å². The Labute approximate surface area is 161 Å². The summed E-state index contributed by atoms with van der Waals surface area (Å²) in [7, 11) is 1.41. The van der Waals surface area contributed by atoms with E-state index in [0.717, 1.165) is 15.7 Å². The van der Waals surface area contributed by atoms with Gasteiger partial charge in [0.1, 0.15) is 0 Å². The number of fused-ring (bicyclic) bond motifs is 1. The minimum atomic E-state index is -3.51. The van der Waals surface area contributed by atoms with E-state index in [1.807, 2.05) is 30.1 Å². The van der Waals surface area contributed by atoms with Crippen molar-refractivity contribution in [3.8, 4) is 0 Å². The van der Waals surface area contributed by atoms with Crippen LogP contribution >= 0.6 is 0 Å². The predicted molar refractivity (Wildman–Crippen MR) is 108 cm³/mol. The predicted octanol–water partition coefficient (Wildman–Crippen LogP) is 3.43. The van der Waals surface area contributed by atoms with Gasteiger partial charge in [0.15, 0.2) is 5.78 Å². The zero-order valence-corrected chi connectivity index (χ0v) is 17.0. The number of nitrogens with zero attached hydrogens (tertiary/aromatic N) is 2. The van der Waals surface area contributed by atoms with E-state index >= 15 is 0 Å². The first-order chi connectivity index (χ1) is 12.6. The lowest BCUT2D eigenvalue weighted by atomic mass is 9.83. The third kappa shape index (κ3) is 3.19. The van der Waals surface area contributed by atoms with Crippen LogP contribution in [-0.2, 0) is 15.4 Å². The van der Waals surface area contributed by atoms with E-state index in [-0.39, 0.29) is 16.1 Å². The molecule has 1 aliphatic heterocycles. The van der Waals surface area contributed by atoms with Gasteiger partial charge in [-0.25, -0.2) is 12.7 Å². The first kappa shape index (κ1) is 19.3. The Bertz CT molecular complexity index is 1020. The number of hydrogen-bond acceptors (Lipinski definition) is 4. The van der Waals surface area contributed by atoms with E-state index in [2.05, 4.69) is 19.9 Å². The minimum Gasteiger partial charge on any atom is -0.347 e. The molecule has 0 aromatic heterocycles. The first-order valence-electron chi connectivity index (χ1n) is 8.69. The molecular weight excluding hydrogens is 360 g/mol. The smallest absolute Gasteiger partial charge is 0.242 e. The summed E-state index contributed by atoms with van der Waals surface area (Å²) >= 11 is 0. The Morgan fingerprint density at radius 3 is 2.19 bits per heavy atom. The lowest BCUT2D eigenvalue weighted by Gasteiger charge is -2.24. The lowest BCUT2D eigenvalue weighted by Crippen LogP contribution is -2.24. The fourth-order valence-electron chi connectivity index (χ4n) is 3.47. The number of anilines is 1. The van der Waals surface area contributed by atoms with Crippen LogP contribution in [0.25, 0.3) is 0 Å². The third-order valence-corrected chi connectivity index (χ3v) is 6.95. The average molecular weight is 385 g/mol. The summed E-state index contributed by atoms with van der Waals surface area (Å²) in [5, 5.41) is 0. The number of carbonyl (C=O) groups excluding carboxylic acids is 1. The van der Waals surface area contributed by atoms with Crippen molar-refractivity contribution in [3.63, 3.8) is 0 Å². The molecule has 27 heavy (non-hydrogen) atoms. The molecule has 6 heteroatoms. The summed E-state index contributed by atoms with van der Waals surface area (Å²) in [6.45, 7) is 4.20. The van der Waals surface area contributed by atoms with Crippen molar-refractivity contribution in [3.05, 3.63) is 71.4 Å². The van der Waals surface area contributed by atoms with Crippen molar-refractivity contribution in [2.75, 3.05) is 26.0 Å². The summed E-state index contributed by atoms with van der Waals surface area (Å²) in [6, 6.07) is 14.2. The topological polar surface area (TPSA) is 57.7 Å². The van der Waals surface area contributed by atoms with Gasteiger partial charge in [-0.05, 0) is 35.9 Å². The van der Waals surface area contributed by atoms with Gasteiger partial charge in [0.25, 0.3) is 0 Å². The summed E-state index contributed by atoms with van der Waals surface area (Å²) < 4.78 is 25.5. The van der Waals surface area contributed by atoms with E-state index < -0.39 is 10.0 Å². The van der Waals surface area contributed by atoms with E-state index in [4.69, 9.17) is 0 Å². The molecule has 0 atom stereocenters. The zero-order valence-electron chi connectivity index (χ0n) is 16.2. The molecule has 3 rings (SSSR count). The molecule has 0 fully saturated rings. The summed E-state index contributed by atoms with van der Waals surface area (Å²) in [5.74, 6) is -0.147. The fraction of sp³-hybridized carbons (Fsp3) is 0.286.